The van der Waals surface area contributed by atoms with Gasteiger partial charge in [-0.15, -0.1) is 0 Å². The maximum atomic E-state index is 5.70. The van der Waals surface area contributed by atoms with Gasteiger partial charge in [-0.05, 0) is 68.2 Å². The van der Waals surface area contributed by atoms with E-state index >= 15 is 0 Å². The standard InChI is InChI=1S/C24H46O4/c1-11-13-15-17-21(3,4)25-27-23(7,8)19-20-24(9,10)28-26-22(5,6)18-16-14-12-2/h11-18H2,1-10H3. The van der Waals surface area contributed by atoms with E-state index in [1.165, 1.54) is 25.7 Å². The van der Waals surface area contributed by atoms with Gasteiger partial charge in [-0.2, -0.15) is 0 Å². The second-order valence-electron chi connectivity index (χ2n) is 10.0. The summed E-state index contributed by atoms with van der Waals surface area (Å²) in [7, 11) is 0. The minimum absolute atomic E-state index is 0.328. The highest BCUT2D eigenvalue weighted by Gasteiger charge is 2.28. The summed E-state index contributed by atoms with van der Waals surface area (Å²) in [5, 5.41) is 0. The van der Waals surface area contributed by atoms with Crippen LogP contribution < -0.4 is 0 Å². The monoisotopic (exact) mass is 398 g/mol. The summed E-state index contributed by atoms with van der Waals surface area (Å²) >= 11 is 0. The van der Waals surface area contributed by atoms with E-state index in [1.54, 1.807) is 0 Å². The van der Waals surface area contributed by atoms with E-state index in [1.807, 2.05) is 55.4 Å². The van der Waals surface area contributed by atoms with Gasteiger partial charge in [-0.25, -0.2) is 19.6 Å². The lowest BCUT2D eigenvalue weighted by Crippen LogP contribution is -2.34. The van der Waals surface area contributed by atoms with Crippen LogP contribution in [0.15, 0.2) is 0 Å². The average Bonchev–Trinajstić information content (AvgIpc) is 2.58. The van der Waals surface area contributed by atoms with Gasteiger partial charge < -0.3 is 0 Å². The zero-order valence-corrected chi connectivity index (χ0v) is 20.3. The van der Waals surface area contributed by atoms with E-state index in [9.17, 15) is 0 Å². The van der Waals surface area contributed by atoms with Gasteiger partial charge in [0.1, 0.15) is 0 Å². The van der Waals surface area contributed by atoms with Gasteiger partial charge >= 0.3 is 0 Å². The van der Waals surface area contributed by atoms with Gasteiger partial charge in [-0.3, -0.25) is 0 Å². The fourth-order valence-electron chi connectivity index (χ4n) is 2.46. The highest BCUT2D eigenvalue weighted by atomic mass is 17.2. The third-order valence-corrected chi connectivity index (χ3v) is 4.38. The first-order valence-electron chi connectivity index (χ1n) is 11.0. The van der Waals surface area contributed by atoms with E-state index in [0.29, 0.717) is 0 Å². The molecular formula is C24H46O4. The summed E-state index contributed by atoms with van der Waals surface area (Å²) in [6.07, 6.45) is 8.98. The highest BCUT2D eigenvalue weighted by molar-refractivity contribution is 5.17. The second kappa shape index (κ2) is 12.2. The third kappa shape index (κ3) is 14.4. The van der Waals surface area contributed by atoms with Crippen LogP contribution in [-0.2, 0) is 19.6 Å². The summed E-state index contributed by atoms with van der Waals surface area (Å²) in [4.78, 5) is 22.7. The normalized spacial score (nSPS) is 13.4. The second-order valence-corrected chi connectivity index (χ2v) is 10.0. The first-order chi connectivity index (χ1) is 12.7. The molecule has 0 saturated carbocycles. The van der Waals surface area contributed by atoms with Crippen LogP contribution in [0.5, 0.6) is 0 Å². The lowest BCUT2D eigenvalue weighted by molar-refractivity contribution is -0.392. The van der Waals surface area contributed by atoms with Gasteiger partial charge in [0, 0.05) is 0 Å². The Morgan fingerprint density at radius 2 is 0.821 bits per heavy atom. The molecule has 0 radical (unpaired) electrons. The van der Waals surface area contributed by atoms with Crippen LogP contribution in [0.25, 0.3) is 0 Å². The van der Waals surface area contributed by atoms with E-state index in [4.69, 9.17) is 19.6 Å². The van der Waals surface area contributed by atoms with E-state index in [0.717, 1.165) is 25.7 Å². The van der Waals surface area contributed by atoms with Gasteiger partial charge in [0.05, 0.1) is 11.2 Å². The average molecular weight is 399 g/mol. The summed E-state index contributed by atoms with van der Waals surface area (Å²) in [6.45, 7) is 20.2. The summed E-state index contributed by atoms with van der Waals surface area (Å²) in [5.74, 6) is 6.25. The molecule has 0 spiro atoms. The molecule has 0 fully saturated rings. The molecular weight excluding hydrogens is 352 g/mol. The van der Waals surface area contributed by atoms with Crippen molar-refractivity contribution in [2.24, 2.45) is 0 Å². The predicted octanol–water partition coefficient (Wildman–Crippen LogP) is 7.16. The number of rotatable bonds is 14. The van der Waals surface area contributed by atoms with Gasteiger partial charge in [0.15, 0.2) is 11.2 Å². The largest absolute Gasteiger partial charge is 0.229 e. The molecule has 0 aromatic heterocycles. The van der Waals surface area contributed by atoms with Gasteiger partial charge in [-0.1, -0.05) is 64.2 Å². The lowest BCUT2D eigenvalue weighted by atomic mass is 10.0. The first kappa shape index (κ1) is 27.4. The van der Waals surface area contributed by atoms with Crippen molar-refractivity contribution in [2.45, 2.75) is 143 Å². The van der Waals surface area contributed by atoms with Crippen molar-refractivity contribution in [3.8, 4) is 11.8 Å². The molecule has 0 aliphatic rings. The Morgan fingerprint density at radius 1 is 0.500 bits per heavy atom. The summed E-state index contributed by atoms with van der Waals surface area (Å²) in [5.41, 5.74) is -2.13. The highest BCUT2D eigenvalue weighted by Crippen LogP contribution is 2.24. The van der Waals surface area contributed by atoms with Crippen LogP contribution in [0.1, 0.15) is 121 Å². The Labute approximate surface area is 174 Å². The van der Waals surface area contributed by atoms with Crippen molar-refractivity contribution in [3.63, 3.8) is 0 Å². The van der Waals surface area contributed by atoms with Crippen LogP contribution in [0, 0.1) is 11.8 Å². The molecule has 0 saturated heterocycles. The Balaban J connectivity index is 4.61. The van der Waals surface area contributed by atoms with Crippen molar-refractivity contribution < 1.29 is 19.6 Å². The Morgan fingerprint density at radius 3 is 1.11 bits per heavy atom. The van der Waals surface area contributed by atoms with Crippen LogP contribution in [0.2, 0.25) is 0 Å². The third-order valence-electron chi connectivity index (χ3n) is 4.38. The first-order valence-corrected chi connectivity index (χ1v) is 11.0. The summed E-state index contributed by atoms with van der Waals surface area (Å²) in [6, 6.07) is 0. The van der Waals surface area contributed by atoms with Crippen molar-refractivity contribution >= 4 is 0 Å². The zero-order chi connectivity index (χ0) is 21.9. The van der Waals surface area contributed by atoms with E-state index in [-0.39, 0.29) is 11.2 Å². The fraction of sp³-hybridized carbons (Fsp3) is 0.917. The number of hydrogen-bond donors (Lipinski definition) is 0. The Bertz CT molecular complexity index is 439. The van der Waals surface area contributed by atoms with Crippen molar-refractivity contribution in [2.75, 3.05) is 0 Å². The molecule has 28 heavy (non-hydrogen) atoms. The molecule has 0 aliphatic heterocycles. The molecule has 0 unspecified atom stereocenters. The molecule has 0 heterocycles. The molecule has 0 atom stereocenters. The molecule has 4 nitrogen and oxygen atoms in total. The van der Waals surface area contributed by atoms with Crippen LogP contribution >= 0.6 is 0 Å². The lowest BCUT2D eigenvalue weighted by Gasteiger charge is -2.29. The van der Waals surface area contributed by atoms with Gasteiger partial charge in [0.2, 0.25) is 0 Å². The number of unbranched alkanes of at least 4 members (excludes halogenated alkanes) is 4. The Kier molecular flexibility index (Phi) is 11.9. The SMILES string of the molecule is CCCCCC(C)(C)OOC(C)(C)C#CC(C)(C)OOC(C)(C)CCCCC. The minimum Gasteiger partial charge on any atom is -0.229 e. The zero-order valence-electron chi connectivity index (χ0n) is 20.3. The summed E-state index contributed by atoms with van der Waals surface area (Å²) < 4.78 is 0. The minimum atomic E-state index is -0.737. The molecule has 0 aromatic carbocycles. The van der Waals surface area contributed by atoms with Crippen LogP contribution in [-0.4, -0.2) is 22.4 Å². The quantitative estimate of drug-likeness (QED) is 0.135. The van der Waals surface area contributed by atoms with Crippen molar-refractivity contribution in [1.29, 1.82) is 0 Å². The van der Waals surface area contributed by atoms with E-state index in [2.05, 4.69) is 25.7 Å². The maximum absolute atomic E-state index is 5.70. The smallest absolute Gasteiger partial charge is 0.158 e. The molecule has 0 bridgehead atoms. The van der Waals surface area contributed by atoms with Crippen molar-refractivity contribution in [1.82, 2.24) is 0 Å². The topological polar surface area (TPSA) is 36.9 Å². The van der Waals surface area contributed by atoms with Crippen LogP contribution in [0.4, 0.5) is 0 Å². The molecule has 0 amide bonds. The molecule has 166 valence electrons. The fourth-order valence-corrected chi connectivity index (χ4v) is 2.46. The molecule has 0 N–H and O–H groups in total. The van der Waals surface area contributed by atoms with E-state index < -0.39 is 11.2 Å². The van der Waals surface area contributed by atoms with Crippen LogP contribution in [0.3, 0.4) is 0 Å². The maximum Gasteiger partial charge on any atom is 0.158 e. The predicted molar refractivity (Wildman–Crippen MR) is 117 cm³/mol. The van der Waals surface area contributed by atoms with Crippen molar-refractivity contribution in [3.05, 3.63) is 0 Å². The molecule has 0 aromatic rings. The Hall–Kier alpha value is -0.600. The molecule has 4 heteroatoms. The molecule has 0 aliphatic carbocycles. The molecule has 0 rings (SSSR count). The van der Waals surface area contributed by atoms with Gasteiger partial charge in [0.25, 0.3) is 0 Å². The number of hydrogen-bond acceptors (Lipinski definition) is 4.